The zero-order valence-corrected chi connectivity index (χ0v) is 11.5. The van der Waals surface area contributed by atoms with Gasteiger partial charge in [0.15, 0.2) is 0 Å². The molecule has 0 bridgehead atoms. The number of nitrogens with two attached hydrogens (primary N) is 2. The molecule has 0 aliphatic carbocycles. The summed E-state index contributed by atoms with van der Waals surface area (Å²) in [7, 11) is -3.80. The summed E-state index contributed by atoms with van der Waals surface area (Å²) < 4.78 is 22.4. The predicted octanol–water partition coefficient (Wildman–Crippen LogP) is -0.0420. The van der Waals surface area contributed by atoms with Gasteiger partial charge in [-0.2, -0.15) is 0 Å². The van der Waals surface area contributed by atoms with E-state index in [0.29, 0.717) is 17.1 Å². The van der Waals surface area contributed by atoms with Crippen LogP contribution in [-0.2, 0) is 14.8 Å². The van der Waals surface area contributed by atoms with E-state index in [1.165, 1.54) is 12.1 Å². The molecule has 0 aliphatic rings. The second-order valence-corrected chi connectivity index (χ2v) is 5.59. The van der Waals surface area contributed by atoms with Crippen LogP contribution in [0.2, 0.25) is 0 Å². The minimum absolute atomic E-state index is 0.0630. The lowest BCUT2D eigenvalue weighted by molar-refractivity contribution is -0.114. The van der Waals surface area contributed by atoms with E-state index in [1.54, 1.807) is 19.9 Å². The largest absolute Gasteiger partial charge is 0.388 e. The first-order valence-corrected chi connectivity index (χ1v) is 6.94. The van der Waals surface area contributed by atoms with Gasteiger partial charge in [0.25, 0.3) is 0 Å². The van der Waals surface area contributed by atoms with Gasteiger partial charge >= 0.3 is 0 Å². The summed E-state index contributed by atoms with van der Waals surface area (Å²) in [5.41, 5.74) is 6.41. The standard InChI is InChI=1S/C11H16N4O3S/c1-7-3-4-9(19(13,17)18)5-10(7)15-11(16)6-14-8(2)12/h3-5H,6H2,1-2H3,(H2,12,14)(H,15,16)(H2,13,17,18). The van der Waals surface area contributed by atoms with Crippen LogP contribution in [0.4, 0.5) is 5.69 Å². The third-order valence-corrected chi connectivity index (χ3v) is 3.19. The Labute approximate surface area is 111 Å². The van der Waals surface area contributed by atoms with Crippen molar-refractivity contribution >= 4 is 27.5 Å². The van der Waals surface area contributed by atoms with Gasteiger partial charge in [-0.15, -0.1) is 0 Å². The summed E-state index contributed by atoms with van der Waals surface area (Å²) in [5.74, 6) is -0.0929. The minimum atomic E-state index is -3.80. The molecule has 0 atom stereocenters. The number of nitrogens with one attached hydrogen (secondary N) is 1. The van der Waals surface area contributed by atoms with E-state index in [2.05, 4.69) is 10.3 Å². The van der Waals surface area contributed by atoms with Gasteiger partial charge in [-0.1, -0.05) is 6.07 Å². The van der Waals surface area contributed by atoms with Crippen molar-refractivity contribution in [2.45, 2.75) is 18.7 Å². The highest BCUT2D eigenvalue weighted by atomic mass is 32.2. The highest BCUT2D eigenvalue weighted by Gasteiger charge is 2.11. The van der Waals surface area contributed by atoms with Crippen molar-refractivity contribution in [1.29, 1.82) is 0 Å². The molecule has 1 rings (SSSR count). The number of sulfonamides is 1. The fourth-order valence-electron chi connectivity index (χ4n) is 1.30. The van der Waals surface area contributed by atoms with Crippen molar-refractivity contribution in [2.24, 2.45) is 15.9 Å². The lowest BCUT2D eigenvalue weighted by atomic mass is 10.2. The number of rotatable bonds is 4. The van der Waals surface area contributed by atoms with E-state index < -0.39 is 10.0 Å². The molecule has 19 heavy (non-hydrogen) atoms. The summed E-state index contributed by atoms with van der Waals surface area (Å²) in [6, 6.07) is 4.25. The number of hydrogen-bond donors (Lipinski definition) is 3. The van der Waals surface area contributed by atoms with Crippen LogP contribution in [0, 0.1) is 6.92 Å². The van der Waals surface area contributed by atoms with Gasteiger partial charge in [-0.25, -0.2) is 13.6 Å². The van der Waals surface area contributed by atoms with Crippen molar-refractivity contribution in [3.05, 3.63) is 23.8 Å². The third kappa shape index (κ3) is 4.68. The Bertz CT molecular complexity index is 619. The van der Waals surface area contributed by atoms with Crippen molar-refractivity contribution < 1.29 is 13.2 Å². The molecule has 7 nitrogen and oxygen atoms in total. The summed E-state index contributed by atoms with van der Waals surface area (Å²) in [5, 5.41) is 7.58. The smallest absolute Gasteiger partial charge is 0.246 e. The van der Waals surface area contributed by atoms with E-state index in [9.17, 15) is 13.2 Å². The Hall–Kier alpha value is -1.93. The van der Waals surface area contributed by atoms with Crippen LogP contribution in [0.5, 0.6) is 0 Å². The molecular formula is C11H16N4O3S. The number of aliphatic imine (C=N–C) groups is 1. The van der Waals surface area contributed by atoms with E-state index in [4.69, 9.17) is 10.9 Å². The van der Waals surface area contributed by atoms with E-state index in [-0.39, 0.29) is 17.3 Å². The monoisotopic (exact) mass is 284 g/mol. The number of amidine groups is 1. The maximum absolute atomic E-state index is 11.6. The Balaban J connectivity index is 2.95. The summed E-state index contributed by atoms with van der Waals surface area (Å²) in [4.78, 5) is 15.3. The minimum Gasteiger partial charge on any atom is -0.388 e. The first-order chi connectivity index (χ1) is 8.70. The van der Waals surface area contributed by atoms with Gasteiger partial charge in [0.2, 0.25) is 15.9 Å². The Morgan fingerprint density at radius 3 is 2.58 bits per heavy atom. The average Bonchev–Trinajstić information content (AvgIpc) is 2.28. The molecule has 0 heterocycles. The number of primary sulfonamides is 1. The van der Waals surface area contributed by atoms with Crippen LogP contribution in [-0.4, -0.2) is 26.7 Å². The van der Waals surface area contributed by atoms with Crippen LogP contribution in [0.25, 0.3) is 0 Å². The van der Waals surface area contributed by atoms with E-state index >= 15 is 0 Å². The molecule has 0 aliphatic heterocycles. The summed E-state index contributed by atoms with van der Waals surface area (Å²) in [6.45, 7) is 3.18. The SMILES string of the molecule is CC(N)=NCC(=O)Nc1cc(S(N)(=O)=O)ccc1C. The van der Waals surface area contributed by atoms with Crippen LogP contribution >= 0.6 is 0 Å². The van der Waals surface area contributed by atoms with Crippen LogP contribution in [0.1, 0.15) is 12.5 Å². The van der Waals surface area contributed by atoms with Crippen LogP contribution < -0.4 is 16.2 Å². The van der Waals surface area contributed by atoms with Crippen molar-refractivity contribution in [3.8, 4) is 0 Å². The normalized spacial score (nSPS) is 12.3. The van der Waals surface area contributed by atoms with Gasteiger partial charge in [0.05, 0.1) is 10.7 Å². The molecule has 1 amide bonds. The predicted molar refractivity (Wildman–Crippen MR) is 73.3 cm³/mol. The fraction of sp³-hybridized carbons (Fsp3) is 0.273. The van der Waals surface area contributed by atoms with Gasteiger partial charge < -0.3 is 11.1 Å². The molecule has 0 saturated heterocycles. The summed E-state index contributed by atoms with van der Waals surface area (Å²) >= 11 is 0. The van der Waals surface area contributed by atoms with E-state index in [1.807, 2.05) is 0 Å². The number of anilines is 1. The molecule has 8 heteroatoms. The first kappa shape index (κ1) is 15.1. The van der Waals surface area contributed by atoms with Crippen LogP contribution in [0.3, 0.4) is 0 Å². The lowest BCUT2D eigenvalue weighted by Gasteiger charge is -2.09. The molecule has 1 aromatic rings. The molecule has 104 valence electrons. The molecule has 0 unspecified atom stereocenters. The van der Waals surface area contributed by atoms with Crippen molar-refractivity contribution in [2.75, 3.05) is 11.9 Å². The molecule has 0 radical (unpaired) electrons. The Morgan fingerprint density at radius 1 is 1.42 bits per heavy atom. The van der Waals surface area contributed by atoms with Gasteiger partial charge in [0, 0.05) is 5.69 Å². The fourth-order valence-corrected chi connectivity index (χ4v) is 1.84. The number of aryl methyl sites for hydroxylation is 1. The maximum Gasteiger partial charge on any atom is 0.246 e. The quantitative estimate of drug-likeness (QED) is 0.529. The molecule has 0 fully saturated rings. The molecule has 0 saturated carbocycles. The third-order valence-electron chi connectivity index (χ3n) is 2.28. The number of amides is 1. The number of nitrogens with zero attached hydrogens (tertiary/aromatic N) is 1. The van der Waals surface area contributed by atoms with Crippen molar-refractivity contribution in [1.82, 2.24) is 0 Å². The van der Waals surface area contributed by atoms with Crippen LogP contribution in [0.15, 0.2) is 28.1 Å². The summed E-state index contributed by atoms with van der Waals surface area (Å²) in [6.07, 6.45) is 0. The molecule has 1 aromatic carbocycles. The zero-order chi connectivity index (χ0) is 14.6. The molecule has 5 N–H and O–H groups in total. The van der Waals surface area contributed by atoms with Gasteiger partial charge in [0.1, 0.15) is 6.54 Å². The number of benzene rings is 1. The topological polar surface area (TPSA) is 128 Å². The van der Waals surface area contributed by atoms with E-state index in [0.717, 1.165) is 0 Å². The molecule has 0 spiro atoms. The first-order valence-electron chi connectivity index (χ1n) is 5.40. The lowest BCUT2D eigenvalue weighted by Crippen LogP contribution is -2.19. The average molecular weight is 284 g/mol. The molecular weight excluding hydrogens is 268 g/mol. The molecule has 0 aromatic heterocycles. The van der Waals surface area contributed by atoms with Crippen molar-refractivity contribution in [3.63, 3.8) is 0 Å². The van der Waals surface area contributed by atoms with Gasteiger partial charge in [-0.05, 0) is 31.5 Å². The Morgan fingerprint density at radius 2 is 2.05 bits per heavy atom. The Kier molecular flexibility index (Phi) is 4.62. The maximum atomic E-state index is 11.6. The number of hydrogen-bond acceptors (Lipinski definition) is 4. The highest BCUT2D eigenvalue weighted by molar-refractivity contribution is 7.89. The highest BCUT2D eigenvalue weighted by Crippen LogP contribution is 2.19. The number of carbonyl (C=O) groups excluding carboxylic acids is 1. The van der Waals surface area contributed by atoms with Gasteiger partial charge in [-0.3, -0.25) is 9.79 Å². The zero-order valence-electron chi connectivity index (χ0n) is 10.7. The number of carbonyl (C=O) groups is 1. The second-order valence-electron chi connectivity index (χ2n) is 4.03. The second kappa shape index (κ2) is 5.81.